The number of hydrogen-bond donors (Lipinski definition) is 2. The van der Waals surface area contributed by atoms with Gasteiger partial charge in [0.15, 0.2) is 8.32 Å². The molecule has 20 heteroatoms. The molecule has 3 heterocycles. The molecule has 0 radical (unpaired) electrons. The van der Waals surface area contributed by atoms with Crippen LogP contribution in [0.1, 0.15) is 27.7 Å². The molecular weight excluding hydrogens is 1050 g/mol. The molecule has 4 atom stereocenters. The molecule has 3 aliphatic heterocycles. The van der Waals surface area contributed by atoms with Crippen LogP contribution in [-0.4, -0.2) is 79.5 Å². The first-order chi connectivity index (χ1) is 35.1. The van der Waals surface area contributed by atoms with E-state index in [9.17, 15) is 9.59 Å². The summed E-state index contributed by atoms with van der Waals surface area (Å²) < 4.78 is 79.1. The largest absolute Gasteiger partial charge is 0.520 e. The molecule has 0 saturated carbocycles. The van der Waals surface area contributed by atoms with Gasteiger partial charge in [0.05, 0.1) is 0 Å². The standard InChI is InChI=1S/C53H56O12Si8/c1-42-43(2)45(4)53(44(42)3)66(5,6)56-69(48-32-18-9-19-33-48)61-71(50-36-22-11-23-37-50)59-67(54,46-28-14-7-15-29-46)57-70(49-34-20-10-21-35-49)58-68(55,47-30-16-8-17-31-47)60-72(62-69,51-38-24-12-25-39-51)65-73(63-70,64-71)52-40-26-13-27-41-52/h7-41,53-55H,1-6H3. The van der Waals surface area contributed by atoms with Crippen LogP contribution in [0.15, 0.2) is 235 Å². The minimum absolute atomic E-state index is 0.114. The van der Waals surface area contributed by atoms with Gasteiger partial charge in [-0.3, -0.25) is 0 Å². The van der Waals surface area contributed by atoms with Gasteiger partial charge in [-0.25, -0.2) is 0 Å². The third-order valence-corrected chi connectivity index (χ3v) is 46.3. The maximum Gasteiger partial charge on any atom is 0.520 e. The fourth-order valence-corrected chi connectivity index (χ4v) is 51.5. The Bertz CT molecular complexity index is 3040. The van der Waals surface area contributed by atoms with E-state index in [2.05, 4.69) is 40.8 Å². The molecule has 3 fully saturated rings. The Labute approximate surface area is 435 Å². The SMILES string of the molecule is CC1=C(C)C([Si](C)(C)O[Si]2(c3ccccc3)O[Si]3(c4ccccc4)O[Si](O)(c4ccccc4)O[Si]4(c5ccccc5)O[Si](O)(c5ccccc5)O[Si](c5ccccc5)(O[Si](c5ccccc5)(O4)O3)O2)C(C)=C1C. The minimum Gasteiger partial charge on any atom is -0.412 e. The van der Waals surface area contributed by atoms with E-state index >= 15 is 0 Å². The number of rotatable bonds is 10. The maximum atomic E-state index is 14.1. The molecule has 4 unspecified atom stereocenters. The van der Waals surface area contributed by atoms with Crippen molar-refractivity contribution in [3.05, 3.63) is 235 Å². The van der Waals surface area contributed by atoms with Crippen LogP contribution < -0.4 is 36.3 Å². The summed E-state index contributed by atoms with van der Waals surface area (Å²) in [5.74, 6) is 0. The van der Waals surface area contributed by atoms with E-state index in [1.807, 2.05) is 152 Å². The highest BCUT2D eigenvalue weighted by atomic mass is 28.6. The van der Waals surface area contributed by atoms with Crippen molar-refractivity contribution in [1.82, 2.24) is 0 Å². The van der Waals surface area contributed by atoms with Crippen LogP contribution in [0.3, 0.4) is 0 Å². The highest BCUT2D eigenvalue weighted by molar-refractivity contribution is 7.10. The summed E-state index contributed by atoms with van der Waals surface area (Å²) in [5, 5.41) is 2.88. The molecule has 7 aromatic carbocycles. The van der Waals surface area contributed by atoms with Crippen LogP contribution in [0.4, 0.5) is 0 Å². The molecule has 11 rings (SSSR count). The number of fused-ring (bicyclic) bond motifs is 3. The summed E-state index contributed by atoms with van der Waals surface area (Å²) in [5.41, 5.74) is 4.69. The van der Waals surface area contributed by atoms with E-state index in [4.69, 9.17) is 41.2 Å². The van der Waals surface area contributed by atoms with Crippen LogP contribution in [0.5, 0.6) is 0 Å². The van der Waals surface area contributed by atoms with E-state index in [1.165, 1.54) is 22.3 Å². The molecule has 1 aliphatic carbocycles. The number of allylic oxidation sites excluding steroid dienone is 4. The van der Waals surface area contributed by atoms with Gasteiger partial charge in [-0.1, -0.05) is 223 Å². The Morgan fingerprint density at radius 3 is 0.849 bits per heavy atom. The van der Waals surface area contributed by atoms with Crippen LogP contribution in [-0.2, 0) is 41.2 Å². The van der Waals surface area contributed by atoms with Crippen molar-refractivity contribution in [2.45, 2.75) is 46.3 Å². The topological polar surface area (TPSA) is 133 Å². The van der Waals surface area contributed by atoms with E-state index in [1.54, 1.807) is 60.7 Å². The predicted octanol–water partition coefficient (Wildman–Crippen LogP) is 5.36. The zero-order valence-corrected chi connectivity index (χ0v) is 49.3. The van der Waals surface area contributed by atoms with Crippen molar-refractivity contribution in [2.24, 2.45) is 0 Å². The smallest absolute Gasteiger partial charge is 0.412 e. The third kappa shape index (κ3) is 8.92. The Kier molecular flexibility index (Phi) is 13.2. The first kappa shape index (κ1) is 50.4. The average Bonchev–Trinajstić information content (AvgIpc) is 3.61. The Balaban J connectivity index is 1.32. The molecule has 4 aliphatic rings. The van der Waals surface area contributed by atoms with Crippen LogP contribution in [0.2, 0.25) is 18.6 Å². The molecule has 73 heavy (non-hydrogen) atoms. The normalized spacial score (nSPS) is 30.8. The zero-order chi connectivity index (χ0) is 50.7. The lowest BCUT2D eigenvalue weighted by Crippen LogP contribution is -2.91. The molecule has 372 valence electrons. The molecule has 7 aromatic rings. The summed E-state index contributed by atoms with van der Waals surface area (Å²) in [6, 6.07) is 64.5. The van der Waals surface area contributed by atoms with Crippen molar-refractivity contribution in [3.8, 4) is 0 Å². The van der Waals surface area contributed by atoms with Crippen molar-refractivity contribution in [2.75, 3.05) is 0 Å². The van der Waals surface area contributed by atoms with E-state index in [0.29, 0.717) is 36.3 Å². The first-order valence-electron chi connectivity index (χ1n) is 24.3. The molecule has 0 spiro atoms. The van der Waals surface area contributed by atoms with E-state index < -0.39 is 69.9 Å². The van der Waals surface area contributed by atoms with Gasteiger partial charge in [-0.2, -0.15) is 0 Å². The van der Waals surface area contributed by atoms with Crippen molar-refractivity contribution >= 4 is 106 Å². The number of benzene rings is 7. The Hall–Kier alpha value is -4.72. The molecule has 3 saturated heterocycles. The molecular formula is C53H56O12Si8. The van der Waals surface area contributed by atoms with Crippen molar-refractivity contribution < 1.29 is 50.7 Å². The monoisotopic (exact) mass is 1110 g/mol. The Morgan fingerprint density at radius 2 is 0.562 bits per heavy atom. The van der Waals surface area contributed by atoms with Gasteiger partial charge in [0, 0.05) is 41.8 Å². The van der Waals surface area contributed by atoms with E-state index in [0.717, 1.165) is 0 Å². The average molecular weight is 1110 g/mol. The van der Waals surface area contributed by atoms with Gasteiger partial charge in [0.2, 0.25) is 0 Å². The van der Waals surface area contributed by atoms with Crippen molar-refractivity contribution in [1.29, 1.82) is 0 Å². The van der Waals surface area contributed by atoms with Gasteiger partial charge in [-0.05, 0) is 51.9 Å². The predicted molar refractivity (Wildman–Crippen MR) is 296 cm³/mol. The summed E-state index contributed by atoms with van der Waals surface area (Å²) in [7, 11) is -38.2. The lowest BCUT2D eigenvalue weighted by molar-refractivity contribution is 0.0362. The van der Waals surface area contributed by atoms with Gasteiger partial charge >= 0.3 is 61.6 Å². The summed E-state index contributed by atoms with van der Waals surface area (Å²) in [4.78, 5) is 28.3. The summed E-state index contributed by atoms with van der Waals surface area (Å²) in [6.45, 7) is 13.0. The maximum absolute atomic E-state index is 14.1. The van der Waals surface area contributed by atoms with Crippen LogP contribution in [0.25, 0.3) is 0 Å². The molecule has 12 nitrogen and oxygen atoms in total. The molecule has 4 bridgehead atoms. The fourth-order valence-electron chi connectivity index (χ4n) is 10.4. The Morgan fingerprint density at radius 1 is 0.329 bits per heavy atom. The fraction of sp³-hybridized carbons (Fsp3) is 0.132. The van der Waals surface area contributed by atoms with E-state index in [-0.39, 0.29) is 5.54 Å². The second-order valence-corrected chi connectivity index (χ2v) is 43.1. The second-order valence-electron chi connectivity index (χ2n) is 19.2. The highest BCUT2D eigenvalue weighted by Gasteiger charge is 2.80. The second kappa shape index (κ2) is 19.1. The third-order valence-electron chi connectivity index (χ3n) is 14.1. The molecule has 2 N–H and O–H groups in total. The minimum atomic E-state index is -5.11. The summed E-state index contributed by atoms with van der Waals surface area (Å²) in [6.07, 6.45) is 0. The first-order valence-corrected chi connectivity index (χ1v) is 39.4. The van der Waals surface area contributed by atoms with Crippen LogP contribution in [0, 0.1) is 0 Å². The molecule has 0 aromatic heterocycles. The summed E-state index contributed by atoms with van der Waals surface area (Å²) >= 11 is 0. The van der Waals surface area contributed by atoms with Gasteiger partial charge in [0.25, 0.3) is 0 Å². The van der Waals surface area contributed by atoms with Crippen LogP contribution >= 0.6 is 0 Å². The molecule has 0 amide bonds. The highest BCUT2D eigenvalue weighted by Crippen LogP contribution is 2.49. The van der Waals surface area contributed by atoms with Gasteiger partial charge < -0.3 is 50.7 Å². The lowest BCUT2D eigenvalue weighted by atomic mass is 10.1. The quantitative estimate of drug-likeness (QED) is 0.171. The van der Waals surface area contributed by atoms with Gasteiger partial charge in [-0.15, -0.1) is 0 Å². The van der Waals surface area contributed by atoms with Gasteiger partial charge in [0.1, 0.15) is 0 Å². The lowest BCUT2D eigenvalue weighted by Gasteiger charge is -2.57. The number of hydrogen-bond acceptors (Lipinski definition) is 12. The van der Waals surface area contributed by atoms with Crippen molar-refractivity contribution in [3.63, 3.8) is 0 Å². The zero-order valence-electron chi connectivity index (χ0n) is 41.3.